The van der Waals surface area contributed by atoms with E-state index < -0.39 is 25.1 Å². The molecule has 8 nitrogen and oxygen atoms in total. The first-order valence-electron chi connectivity index (χ1n) is 11.8. The average Bonchev–Trinajstić information content (AvgIpc) is 2.86. The van der Waals surface area contributed by atoms with Crippen molar-refractivity contribution in [3.05, 3.63) is 101 Å². The molecular weight excluding hydrogens is 540 g/mol. The van der Waals surface area contributed by atoms with Crippen LogP contribution in [0.15, 0.2) is 82.6 Å². The lowest BCUT2D eigenvalue weighted by atomic mass is 9.89. The Hall–Kier alpha value is -3.83. The first kappa shape index (κ1) is 28.2. The van der Waals surface area contributed by atoms with Crippen molar-refractivity contribution in [2.24, 2.45) is 0 Å². The third-order valence-electron chi connectivity index (χ3n) is 6.32. The number of aryl methyl sites for hydroxylation is 2. The zero-order valence-electron chi connectivity index (χ0n) is 21.4. The molecule has 0 heterocycles. The number of hydrogen-bond acceptors (Lipinski definition) is 6. The van der Waals surface area contributed by atoms with Crippen molar-refractivity contribution in [1.29, 1.82) is 0 Å². The summed E-state index contributed by atoms with van der Waals surface area (Å²) in [7, 11) is -9.37. The highest BCUT2D eigenvalue weighted by atomic mass is 32.2. The van der Waals surface area contributed by atoms with Gasteiger partial charge < -0.3 is 4.74 Å². The molecule has 4 aromatic rings. The zero-order chi connectivity index (χ0) is 28.5. The van der Waals surface area contributed by atoms with Crippen LogP contribution in [-0.2, 0) is 26.8 Å². The van der Waals surface area contributed by atoms with Gasteiger partial charge in [-0.15, -0.1) is 0 Å². The molecule has 0 saturated heterocycles. The number of hydrogen-bond donors (Lipinski definition) is 2. The fourth-order valence-corrected chi connectivity index (χ4v) is 5.84. The molecule has 0 saturated carbocycles. The Bertz CT molecular complexity index is 1790. The highest BCUT2D eigenvalue weighted by Gasteiger charge is 2.26. The van der Waals surface area contributed by atoms with E-state index in [1.54, 1.807) is 26.8 Å². The van der Waals surface area contributed by atoms with Crippen LogP contribution < -0.4 is 4.74 Å². The van der Waals surface area contributed by atoms with Gasteiger partial charge in [-0.25, -0.2) is 0 Å². The van der Waals surface area contributed by atoms with Gasteiger partial charge in [0.15, 0.2) is 6.29 Å². The van der Waals surface area contributed by atoms with Crippen LogP contribution in [0, 0.1) is 20.8 Å². The molecule has 2 N–H and O–H groups in total. The summed E-state index contributed by atoms with van der Waals surface area (Å²) >= 11 is 0. The number of rotatable bonds is 8. The monoisotopic (exact) mass is 566 g/mol. The van der Waals surface area contributed by atoms with E-state index in [1.807, 2.05) is 30.3 Å². The minimum atomic E-state index is -4.71. The fraction of sp³-hybridized carbons (Fsp3) is 0.138. The highest BCUT2D eigenvalue weighted by molar-refractivity contribution is 7.86. The lowest BCUT2D eigenvalue weighted by molar-refractivity contribution is 0.111. The van der Waals surface area contributed by atoms with E-state index in [0.717, 1.165) is 5.56 Å². The van der Waals surface area contributed by atoms with Gasteiger partial charge in [-0.05, 0) is 61.2 Å². The second-order valence-corrected chi connectivity index (χ2v) is 12.0. The molecule has 39 heavy (non-hydrogen) atoms. The number of aldehydes is 1. The van der Waals surface area contributed by atoms with Crippen LogP contribution in [0.25, 0.3) is 22.3 Å². The Labute approximate surface area is 227 Å². The summed E-state index contributed by atoms with van der Waals surface area (Å²) in [5.41, 5.74) is 3.12. The summed E-state index contributed by atoms with van der Waals surface area (Å²) in [5, 5.41) is 0. The van der Waals surface area contributed by atoms with E-state index in [1.165, 1.54) is 36.4 Å². The van der Waals surface area contributed by atoms with E-state index in [2.05, 4.69) is 0 Å². The van der Waals surface area contributed by atoms with Crippen molar-refractivity contribution in [2.75, 3.05) is 0 Å². The van der Waals surface area contributed by atoms with Gasteiger partial charge in [-0.2, -0.15) is 16.8 Å². The summed E-state index contributed by atoms with van der Waals surface area (Å²) in [4.78, 5) is 11.7. The molecule has 0 atom stereocenters. The summed E-state index contributed by atoms with van der Waals surface area (Å²) in [6.45, 7) is 5.17. The number of benzene rings is 4. The van der Waals surface area contributed by atoms with Crippen LogP contribution in [0.1, 0.15) is 32.6 Å². The van der Waals surface area contributed by atoms with Gasteiger partial charge >= 0.3 is 0 Å². The van der Waals surface area contributed by atoms with Crippen molar-refractivity contribution in [2.45, 2.75) is 37.2 Å². The number of carbonyl (C=O) groups excluding carboxylic acids is 1. The third-order valence-corrected chi connectivity index (χ3v) is 8.14. The van der Waals surface area contributed by atoms with Crippen LogP contribution in [0.2, 0.25) is 0 Å². The first-order chi connectivity index (χ1) is 18.3. The minimum absolute atomic E-state index is 0.0174. The molecule has 0 aliphatic rings. The maximum atomic E-state index is 12.5. The fourth-order valence-electron chi connectivity index (χ4n) is 4.47. The Morgan fingerprint density at radius 3 is 1.69 bits per heavy atom. The van der Waals surface area contributed by atoms with Crippen LogP contribution >= 0.6 is 0 Å². The lowest BCUT2D eigenvalue weighted by Gasteiger charge is -2.21. The Kier molecular flexibility index (Phi) is 7.76. The lowest BCUT2D eigenvalue weighted by Crippen LogP contribution is -2.07. The maximum absolute atomic E-state index is 12.5. The quantitative estimate of drug-likeness (QED) is 0.201. The molecule has 0 spiro atoms. The molecule has 0 aliphatic heterocycles. The predicted octanol–water partition coefficient (Wildman–Crippen LogP) is 5.83. The normalized spacial score (nSPS) is 11.8. The highest BCUT2D eigenvalue weighted by Crippen LogP contribution is 2.43. The molecule has 0 aliphatic carbocycles. The standard InChI is InChI=1S/C29H26O8S2/c1-18-9-11-27(38(31,32)33)24(13-18)22-15-23(25-14-19(2)10-12-28(25)39(34,35)36)26(16-30)29(20(22)3)37-17-21-7-5-4-6-8-21/h4-16H,17H2,1-3H3,(H,31,32,33)(H,34,35,36). The van der Waals surface area contributed by atoms with Crippen LogP contribution in [-0.4, -0.2) is 32.2 Å². The van der Waals surface area contributed by atoms with Gasteiger partial charge in [-0.1, -0.05) is 65.7 Å². The van der Waals surface area contributed by atoms with Crippen LogP contribution in [0.5, 0.6) is 5.75 Å². The average molecular weight is 567 g/mol. The molecule has 0 aromatic heterocycles. The van der Waals surface area contributed by atoms with Crippen molar-refractivity contribution in [3.63, 3.8) is 0 Å². The Balaban J connectivity index is 2.12. The summed E-state index contributed by atoms with van der Waals surface area (Å²) < 4.78 is 75.3. The molecule has 0 radical (unpaired) electrons. The number of ether oxygens (including phenoxy) is 1. The van der Waals surface area contributed by atoms with Gasteiger partial charge in [0.1, 0.15) is 22.1 Å². The first-order valence-corrected chi connectivity index (χ1v) is 14.7. The van der Waals surface area contributed by atoms with Gasteiger partial charge in [0.2, 0.25) is 0 Å². The predicted molar refractivity (Wildman–Crippen MR) is 147 cm³/mol. The zero-order valence-corrected chi connectivity index (χ0v) is 23.0. The smallest absolute Gasteiger partial charge is 0.295 e. The van der Waals surface area contributed by atoms with Gasteiger partial charge in [0, 0.05) is 11.1 Å². The maximum Gasteiger partial charge on any atom is 0.295 e. The van der Waals surface area contributed by atoms with Crippen LogP contribution in [0.4, 0.5) is 0 Å². The van der Waals surface area contributed by atoms with E-state index in [9.17, 15) is 30.7 Å². The second kappa shape index (κ2) is 10.7. The minimum Gasteiger partial charge on any atom is -0.488 e. The van der Waals surface area contributed by atoms with Crippen molar-refractivity contribution in [3.8, 4) is 28.0 Å². The molecule has 0 unspecified atom stereocenters. The van der Waals surface area contributed by atoms with E-state index in [-0.39, 0.29) is 45.1 Å². The molecular formula is C29H26O8S2. The van der Waals surface area contributed by atoms with Gasteiger partial charge in [0.05, 0.1) is 5.56 Å². The summed E-state index contributed by atoms with van der Waals surface area (Å²) in [6.07, 6.45) is 0.530. The Morgan fingerprint density at radius 2 is 1.21 bits per heavy atom. The molecule has 4 aromatic carbocycles. The second-order valence-electron chi connectivity index (χ2n) is 9.18. The molecule has 202 valence electrons. The molecule has 0 amide bonds. The van der Waals surface area contributed by atoms with Gasteiger partial charge in [0.25, 0.3) is 20.2 Å². The molecule has 10 heteroatoms. The van der Waals surface area contributed by atoms with Crippen molar-refractivity contribution < 1.29 is 35.5 Å². The third kappa shape index (κ3) is 5.94. The topological polar surface area (TPSA) is 135 Å². The van der Waals surface area contributed by atoms with E-state index in [0.29, 0.717) is 23.0 Å². The van der Waals surface area contributed by atoms with Gasteiger partial charge in [-0.3, -0.25) is 13.9 Å². The summed E-state index contributed by atoms with van der Waals surface area (Å²) in [6, 6.07) is 19.2. The Morgan fingerprint density at radius 1 is 0.692 bits per heavy atom. The molecule has 4 rings (SSSR count). The number of carbonyl (C=O) groups is 1. The SMILES string of the molecule is Cc1ccc(S(=O)(=O)O)c(-c2cc(-c3cc(C)ccc3S(=O)(=O)O)c(C=O)c(OCc3ccccc3)c2C)c1. The van der Waals surface area contributed by atoms with E-state index >= 15 is 0 Å². The van der Waals surface area contributed by atoms with Crippen molar-refractivity contribution in [1.82, 2.24) is 0 Å². The van der Waals surface area contributed by atoms with E-state index in [4.69, 9.17) is 4.74 Å². The molecule has 0 fully saturated rings. The van der Waals surface area contributed by atoms with Crippen LogP contribution in [0.3, 0.4) is 0 Å². The summed E-state index contributed by atoms with van der Waals surface area (Å²) in [5.74, 6) is 0.104. The van der Waals surface area contributed by atoms with Crippen molar-refractivity contribution >= 4 is 26.5 Å². The largest absolute Gasteiger partial charge is 0.488 e. The molecule has 0 bridgehead atoms.